The van der Waals surface area contributed by atoms with Gasteiger partial charge in [-0.1, -0.05) is 50.5 Å². The predicted octanol–water partition coefficient (Wildman–Crippen LogP) is 3.95. The normalized spacial score (nSPS) is 36.5. The molecular weight excluding hydrogens is 156 g/mol. The molecule has 0 N–H and O–H groups in total. The Kier molecular flexibility index (Phi) is 2.87. The number of allylic oxidation sites excluding steroid dienone is 4. The Morgan fingerprint density at radius 2 is 1.69 bits per heavy atom. The Morgan fingerprint density at radius 1 is 1.08 bits per heavy atom. The molecule has 0 aliphatic heterocycles. The van der Waals surface area contributed by atoms with Crippen LogP contribution < -0.4 is 0 Å². The zero-order valence-electron chi connectivity index (χ0n) is 8.58. The SMILES string of the molecule is CCCCC1CC2C=CC=CC2C1. The molecule has 1 saturated carbocycles. The number of fused-ring (bicyclic) bond motifs is 1. The third-order valence-corrected chi connectivity index (χ3v) is 3.55. The van der Waals surface area contributed by atoms with Crippen LogP contribution >= 0.6 is 0 Å². The van der Waals surface area contributed by atoms with Crippen molar-refractivity contribution in [1.29, 1.82) is 0 Å². The summed E-state index contributed by atoms with van der Waals surface area (Å²) >= 11 is 0. The number of unbranched alkanes of at least 4 members (excludes halogenated alkanes) is 1. The monoisotopic (exact) mass is 176 g/mol. The molecule has 2 unspecified atom stereocenters. The molecule has 0 bridgehead atoms. The molecule has 0 amide bonds. The van der Waals surface area contributed by atoms with E-state index in [9.17, 15) is 0 Å². The number of hydrogen-bond acceptors (Lipinski definition) is 0. The fourth-order valence-corrected chi connectivity index (χ4v) is 2.80. The average molecular weight is 176 g/mol. The van der Waals surface area contributed by atoms with E-state index in [1.54, 1.807) is 0 Å². The second kappa shape index (κ2) is 4.13. The van der Waals surface area contributed by atoms with Crippen LogP contribution in [0.3, 0.4) is 0 Å². The van der Waals surface area contributed by atoms with Gasteiger partial charge in [-0.3, -0.25) is 0 Å². The third-order valence-electron chi connectivity index (χ3n) is 3.55. The van der Waals surface area contributed by atoms with Crippen molar-refractivity contribution in [1.82, 2.24) is 0 Å². The van der Waals surface area contributed by atoms with Crippen LogP contribution in [0.4, 0.5) is 0 Å². The fourth-order valence-electron chi connectivity index (χ4n) is 2.80. The largest absolute Gasteiger partial charge is 0.0808 e. The molecule has 0 radical (unpaired) electrons. The van der Waals surface area contributed by atoms with Crippen LogP contribution in [-0.4, -0.2) is 0 Å². The first-order valence-electron chi connectivity index (χ1n) is 5.75. The van der Waals surface area contributed by atoms with E-state index >= 15 is 0 Å². The van der Waals surface area contributed by atoms with Gasteiger partial charge in [0, 0.05) is 0 Å². The van der Waals surface area contributed by atoms with Gasteiger partial charge < -0.3 is 0 Å². The van der Waals surface area contributed by atoms with E-state index in [4.69, 9.17) is 0 Å². The van der Waals surface area contributed by atoms with Crippen molar-refractivity contribution in [2.45, 2.75) is 39.0 Å². The smallest absolute Gasteiger partial charge is 0.0165 e. The first-order chi connectivity index (χ1) is 6.40. The molecule has 0 heterocycles. The van der Waals surface area contributed by atoms with Gasteiger partial charge >= 0.3 is 0 Å². The van der Waals surface area contributed by atoms with Gasteiger partial charge in [-0.15, -0.1) is 0 Å². The molecule has 13 heavy (non-hydrogen) atoms. The van der Waals surface area contributed by atoms with E-state index in [0.29, 0.717) is 0 Å². The highest BCUT2D eigenvalue weighted by Crippen LogP contribution is 2.41. The van der Waals surface area contributed by atoms with E-state index in [1.807, 2.05) is 0 Å². The molecule has 0 aromatic rings. The molecule has 0 saturated heterocycles. The van der Waals surface area contributed by atoms with Gasteiger partial charge in [0.1, 0.15) is 0 Å². The van der Waals surface area contributed by atoms with Gasteiger partial charge in [0.2, 0.25) is 0 Å². The predicted molar refractivity (Wildman–Crippen MR) is 57.5 cm³/mol. The van der Waals surface area contributed by atoms with Gasteiger partial charge in [0.25, 0.3) is 0 Å². The Morgan fingerprint density at radius 3 is 2.23 bits per heavy atom. The molecule has 0 aromatic heterocycles. The van der Waals surface area contributed by atoms with Crippen molar-refractivity contribution in [2.24, 2.45) is 17.8 Å². The van der Waals surface area contributed by atoms with Crippen LogP contribution in [0.5, 0.6) is 0 Å². The Labute approximate surface area is 81.7 Å². The minimum Gasteiger partial charge on any atom is -0.0808 e. The zero-order chi connectivity index (χ0) is 9.10. The minimum atomic E-state index is 0.881. The lowest BCUT2D eigenvalue weighted by atomic mass is 9.92. The molecule has 2 aliphatic carbocycles. The van der Waals surface area contributed by atoms with Crippen molar-refractivity contribution in [2.75, 3.05) is 0 Å². The summed E-state index contributed by atoms with van der Waals surface area (Å²) in [4.78, 5) is 0. The van der Waals surface area contributed by atoms with E-state index < -0.39 is 0 Å². The molecule has 0 heteroatoms. The first-order valence-corrected chi connectivity index (χ1v) is 5.75. The van der Waals surface area contributed by atoms with Crippen molar-refractivity contribution < 1.29 is 0 Å². The maximum atomic E-state index is 2.41. The van der Waals surface area contributed by atoms with Gasteiger partial charge in [-0.05, 0) is 30.6 Å². The summed E-state index contributed by atoms with van der Waals surface area (Å²) in [5.74, 6) is 2.78. The lowest BCUT2D eigenvalue weighted by molar-refractivity contribution is 0.467. The van der Waals surface area contributed by atoms with E-state index in [-0.39, 0.29) is 0 Å². The van der Waals surface area contributed by atoms with E-state index in [1.165, 1.54) is 32.1 Å². The molecule has 0 nitrogen and oxygen atoms in total. The highest BCUT2D eigenvalue weighted by Gasteiger charge is 2.31. The average Bonchev–Trinajstić information content (AvgIpc) is 2.57. The van der Waals surface area contributed by atoms with Crippen LogP contribution in [0, 0.1) is 17.8 Å². The molecular formula is C13H20. The Bertz CT molecular complexity index is 192. The van der Waals surface area contributed by atoms with Crippen molar-refractivity contribution in [3.63, 3.8) is 0 Å². The Hall–Kier alpha value is -0.520. The summed E-state index contributed by atoms with van der Waals surface area (Å²) in [5, 5.41) is 0. The van der Waals surface area contributed by atoms with Crippen LogP contribution in [0.15, 0.2) is 24.3 Å². The first kappa shape index (κ1) is 9.05. The molecule has 72 valence electrons. The second-order valence-electron chi connectivity index (χ2n) is 4.58. The summed E-state index contributed by atoms with van der Waals surface area (Å²) in [6.07, 6.45) is 16.4. The minimum absolute atomic E-state index is 0.881. The van der Waals surface area contributed by atoms with Gasteiger partial charge in [0.15, 0.2) is 0 Å². The third kappa shape index (κ3) is 2.04. The standard InChI is InChI=1S/C13H20/c1-2-3-6-11-9-12-7-4-5-8-13(12)10-11/h4-5,7-8,11-13H,2-3,6,9-10H2,1H3. The summed E-state index contributed by atoms with van der Waals surface area (Å²) in [5.41, 5.74) is 0. The molecule has 0 aromatic carbocycles. The topological polar surface area (TPSA) is 0 Å². The quantitative estimate of drug-likeness (QED) is 0.611. The summed E-state index contributed by atoms with van der Waals surface area (Å²) in [7, 11) is 0. The van der Waals surface area contributed by atoms with Gasteiger partial charge in [0.05, 0.1) is 0 Å². The maximum absolute atomic E-state index is 2.41. The Balaban J connectivity index is 1.86. The summed E-state index contributed by atoms with van der Waals surface area (Å²) < 4.78 is 0. The summed E-state index contributed by atoms with van der Waals surface area (Å²) in [6, 6.07) is 0. The van der Waals surface area contributed by atoms with Crippen LogP contribution in [0.25, 0.3) is 0 Å². The lowest BCUT2D eigenvalue weighted by Crippen LogP contribution is -2.03. The van der Waals surface area contributed by atoms with Crippen molar-refractivity contribution in [3.05, 3.63) is 24.3 Å². The van der Waals surface area contributed by atoms with Gasteiger partial charge in [-0.2, -0.15) is 0 Å². The highest BCUT2D eigenvalue weighted by molar-refractivity contribution is 5.16. The maximum Gasteiger partial charge on any atom is -0.0165 e. The number of hydrogen-bond donors (Lipinski definition) is 0. The van der Waals surface area contributed by atoms with E-state index in [2.05, 4.69) is 31.2 Å². The molecule has 2 rings (SSSR count). The second-order valence-corrected chi connectivity index (χ2v) is 4.58. The molecule has 2 aliphatic rings. The van der Waals surface area contributed by atoms with Crippen LogP contribution in [0.1, 0.15) is 39.0 Å². The molecule has 1 fully saturated rings. The van der Waals surface area contributed by atoms with Gasteiger partial charge in [-0.25, -0.2) is 0 Å². The van der Waals surface area contributed by atoms with Crippen molar-refractivity contribution >= 4 is 0 Å². The highest BCUT2D eigenvalue weighted by atomic mass is 14.4. The summed E-state index contributed by atoms with van der Waals surface area (Å²) in [6.45, 7) is 2.29. The lowest BCUT2D eigenvalue weighted by Gasteiger charge is -2.13. The number of rotatable bonds is 3. The molecule has 0 spiro atoms. The fraction of sp³-hybridized carbons (Fsp3) is 0.692. The van der Waals surface area contributed by atoms with Crippen LogP contribution in [0.2, 0.25) is 0 Å². The molecule has 2 atom stereocenters. The van der Waals surface area contributed by atoms with E-state index in [0.717, 1.165) is 17.8 Å². The van der Waals surface area contributed by atoms with Crippen LogP contribution in [-0.2, 0) is 0 Å². The van der Waals surface area contributed by atoms with Crippen molar-refractivity contribution in [3.8, 4) is 0 Å². The zero-order valence-corrected chi connectivity index (χ0v) is 8.58.